The van der Waals surface area contributed by atoms with Crippen LogP contribution in [-0.4, -0.2) is 33.2 Å². The summed E-state index contributed by atoms with van der Waals surface area (Å²) in [6, 6.07) is 9.46. The molecule has 8 heteroatoms. The van der Waals surface area contributed by atoms with Crippen LogP contribution in [0.4, 0.5) is 5.13 Å². The molecule has 140 valence electrons. The molecular weight excluding hydrogens is 392 g/mol. The van der Waals surface area contributed by atoms with Crippen molar-refractivity contribution in [2.75, 3.05) is 11.9 Å². The highest BCUT2D eigenvalue weighted by Gasteiger charge is 2.25. The van der Waals surface area contributed by atoms with Gasteiger partial charge in [0.15, 0.2) is 5.13 Å². The van der Waals surface area contributed by atoms with Crippen molar-refractivity contribution in [3.8, 4) is 0 Å². The molecule has 2 amide bonds. The highest BCUT2D eigenvalue weighted by Crippen LogP contribution is 2.29. The number of aromatic amines is 1. The van der Waals surface area contributed by atoms with Crippen LogP contribution in [0.5, 0.6) is 0 Å². The molecule has 28 heavy (non-hydrogen) atoms. The standard InChI is InChI=1S/C20H16N4O2S2/c25-18(14-5-8-27-11-14)23-20-22-16-4-7-24(10-17(16)28-20)19(26)13-1-2-15-12(9-13)3-6-21-15/h1-3,5-6,8-9,11,21H,4,7,10H2,(H,22,23,25). The molecule has 1 aliphatic heterocycles. The fourth-order valence-corrected chi connectivity index (χ4v) is 5.01. The van der Waals surface area contributed by atoms with Crippen molar-refractivity contribution >= 4 is 50.5 Å². The molecule has 0 fully saturated rings. The molecule has 1 aliphatic rings. The average molecular weight is 409 g/mol. The quantitative estimate of drug-likeness (QED) is 0.535. The zero-order valence-corrected chi connectivity index (χ0v) is 16.4. The number of amides is 2. The lowest BCUT2D eigenvalue weighted by atomic mass is 10.1. The Morgan fingerprint density at radius 3 is 2.96 bits per heavy atom. The van der Waals surface area contributed by atoms with Crippen LogP contribution in [0.15, 0.2) is 47.3 Å². The number of aromatic nitrogens is 2. The Hall–Kier alpha value is -2.97. The van der Waals surface area contributed by atoms with Crippen molar-refractivity contribution in [3.63, 3.8) is 0 Å². The van der Waals surface area contributed by atoms with Gasteiger partial charge in [0, 0.05) is 45.9 Å². The molecule has 0 radical (unpaired) electrons. The summed E-state index contributed by atoms with van der Waals surface area (Å²) in [6.07, 6.45) is 2.56. The lowest BCUT2D eigenvalue weighted by Gasteiger charge is -2.26. The maximum absolute atomic E-state index is 12.9. The predicted octanol–water partition coefficient (Wildman–Crippen LogP) is 4.14. The van der Waals surface area contributed by atoms with Crippen LogP contribution in [0.25, 0.3) is 10.9 Å². The van der Waals surface area contributed by atoms with Crippen LogP contribution < -0.4 is 5.32 Å². The number of anilines is 1. The van der Waals surface area contributed by atoms with Crippen LogP contribution in [-0.2, 0) is 13.0 Å². The van der Waals surface area contributed by atoms with E-state index in [1.807, 2.05) is 46.1 Å². The van der Waals surface area contributed by atoms with E-state index in [0.717, 1.165) is 21.5 Å². The molecule has 4 aromatic rings. The van der Waals surface area contributed by atoms with Crippen molar-refractivity contribution in [1.29, 1.82) is 0 Å². The Morgan fingerprint density at radius 2 is 2.11 bits per heavy atom. The summed E-state index contributed by atoms with van der Waals surface area (Å²) < 4.78 is 0. The van der Waals surface area contributed by atoms with Crippen LogP contribution in [0, 0.1) is 0 Å². The fourth-order valence-electron chi connectivity index (χ4n) is 3.35. The lowest BCUT2D eigenvalue weighted by Crippen LogP contribution is -2.35. The highest BCUT2D eigenvalue weighted by atomic mass is 32.1. The molecule has 0 saturated carbocycles. The van der Waals surface area contributed by atoms with E-state index in [0.29, 0.717) is 35.8 Å². The summed E-state index contributed by atoms with van der Waals surface area (Å²) in [5.74, 6) is -0.133. The second kappa shape index (κ2) is 6.88. The van der Waals surface area contributed by atoms with Gasteiger partial charge in [0.05, 0.1) is 17.8 Å². The van der Waals surface area contributed by atoms with Crippen molar-refractivity contribution in [2.24, 2.45) is 0 Å². The molecule has 0 spiro atoms. The Labute approximate surface area is 168 Å². The first kappa shape index (κ1) is 17.2. The molecule has 4 heterocycles. The number of benzene rings is 1. The molecule has 6 nitrogen and oxygen atoms in total. The number of fused-ring (bicyclic) bond motifs is 2. The third-order valence-corrected chi connectivity index (χ3v) is 6.50. The number of thiophene rings is 1. The second-order valence-electron chi connectivity index (χ2n) is 6.61. The van der Waals surface area contributed by atoms with E-state index in [1.54, 1.807) is 6.07 Å². The Balaban J connectivity index is 1.32. The Kier molecular flexibility index (Phi) is 4.22. The molecule has 0 unspecified atom stereocenters. The predicted molar refractivity (Wildman–Crippen MR) is 111 cm³/mol. The number of carbonyl (C=O) groups is 2. The van der Waals surface area contributed by atoms with Gasteiger partial charge >= 0.3 is 0 Å². The summed E-state index contributed by atoms with van der Waals surface area (Å²) in [6.45, 7) is 1.14. The number of carbonyl (C=O) groups excluding carboxylic acids is 2. The Bertz CT molecular complexity index is 1180. The number of rotatable bonds is 3. The van der Waals surface area contributed by atoms with Gasteiger partial charge in [-0.25, -0.2) is 4.98 Å². The van der Waals surface area contributed by atoms with Crippen LogP contribution in [0.1, 0.15) is 31.3 Å². The second-order valence-corrected chi connectivity index (χ2v) is 8.48. The van der Waals surface area contributed by atoms with Gasteiger partial charge in [0.2, 0.25) is 0 Å². The minimum atomic E-state index is -0.153. The maximum Gasteiger partial charge on any atom is 0.258 e. The summed E-state index contributed by atoms with van der Waals surface area (Å²) in [5, 5.41) is 8.16. The van der Waals surface area contributed by atoms with E-state index < -0.39 is 0 Å². The first-order valence-electron chi connectivity index (χ1n) is 8.86. The highest BCUT2D eigenvalue weighted by molar-refractivity contribution is 7.16. The molecular formula is C20H16N4O2S2. The molecule has 3 aromatic heterocycles. The molecule has 0 aliphatic carbocycles. The molecule has 0 atom stereocenters. The third-order valence-electron chi connectivity index (χ3n) is 4.82. The van der Waals surface area contributed by atoms with Crippen LogP contribution in [0.3, 0.4) is 0 Å². The van der Waals surface area contributed by atoms with Gasteiger partial charge < -0.3 is 9.88 Å². The van der Waals surface area contributed by atoms with Crippen molar-refractivity contribution in [1.82, 2.24) is 14.9 Å². The summed E-state index contributed by atoms with van der Waals surface area (Å²) in [5.41, 5.74) is 3.31. The van der Waals surface area contributed by atoms with Crippen LogP contribution in [0.2, 0.25) is 0 Å². The molecule has 0 bridgehead atoms. The topological polar surface area (TPSA) is 78.1 Å². The van der Waals surface area contributed by atoms with Gasteiger partial charge in [0.25, 0.3) is 11.8 Å². The van der Waals surface area contributed by atoms with Crippen LogP contribution >= 0.6 is 22.7 Å². The van der Waals surface area contributed by atoms with Gasteiger partial charge in [0.1, 0.15) is 0 Å². The maximum atomic E-state index is 12.9. The van der Waals surface area contributed by atoms with E-state index in [2.05, 4.69) is 15.3 Å². The van der Waals surface area contributed by atoms with E-state index in [1.165, 1.54) is 22.7 Å². The first-order chi connectivity index (χ1) is 13.7. The SMILES string of the molecule is O=C(Nc1nc2c(s1)CN(C(=O)c1ccc3[nH]ccc3c1)CC2)c1ccsc1. The zero-order chi connectivity index (χ0) is 19.1. The fraction of sp³-hybridized carbons (Fsp3) is 0.150. The van der Waals surface area contributed by atoms with Crippen molar-refractivity contribution in [2.45, 2.75) is 13.0 Å². The minimum Gasteiger partial charge on any atom is -0.361 e. The number of nitrogens with zero attached hydrogens (tertiary/aromatic N) is 2. The van der Waals surface area contributed by atoms with E-state index in [4.69, 9.17) is 0 Å². The van der Waals surface area contributed by atoms with Gasteiger partial charge in [-0.2, -0.15) is 11.3 Å². The summed E-state index contributed by atoms with van der Waals surface area (Å²) >= 11 is 2.93. The number of nitrogens with one attached hydrogen (secondary N) is 2. The number of thiazole rings is 1. The minimum absolute atomic E-state index is 0.0195. The van der Waals surface area contributed by atoms with Gasteiger partial charge in [-0.3, -0.25) is 14.9 Å². The summed E-state index contributed by atoms with van der Waals surface area (Å²) in [4.78, 5) is 35.7. The van der Waals surface area contributed by atoms with Crippen molar-refractivity contribution < 1.29 is 9.59 Å². The Morgan fingerprint density at radius 1 is 1.18 bits per heavy atom. The van der Waals surface area contributed by atoms with E-state index >= 15 is 0 Å². The lowest BCUT2D eigenvalue weighted by molar-refractivity contribution is 0.0736. The average Bonchev–Trinajstić information content (AvgIpc) is 3.45. The third kappa shape index (κ3) is 3.10. The molecule has 0 saturated heterocycles. The zero-order valence-electron chi connectivity index (χ0n) is 14.8. The normalized spacial score (nSPS) is 13.5. The molecule has 1 aromatic carbocycles. The first-order valence-corrected chi connectivity index (χ1v) is 10.6. The number of hydrogen-bond donors (Lipinski definition) is 2. The number of hydrogen-bond acceptors (Lipinski definition) is 5. The van der Waals surface area contributed by atoms with Gasteiger partial charge in [-0.1, -0.05) is 11.3 Å². The van der Waals surface area contributed by atoms with E-state index in [9.17, 15) is 9.59 Å². The molecule has 2 N–H and O–H groups in total. The number of H-pyrrole nitrogens is 1. The monoisotopic (exact) mass is 408 g/mol. The molecule has 5 rings (SSSR count). The summed E-state index contributed by atoms with van der Waals surface area (Å²) in [7, 11) is 0. The smallest absolute Gasteiger partial charge is 0.258 e. The van der Waals surface area contributed by atoms with Gasteiger partial charge in [-0.15, -0.1) is 0 Å². The largest absolute Gasteiger partial charge is 0.361 e. The van der Waals surface area contributed by atoms with E-state index in [-0.39, 0.29) is 11.8 Å². The van der Waals surface area contributed by atoms with Crippen molar-refractivity contribution in [3.05, 3.63) is 69.0 Å². The van der Waals surface area contributed by atoms with Gasteiger partial charge in [-0.05, 0) is 35.7 Å².